The molecule has 1 heterocycles. The summed E-state index contributed by atoms with van der Waals surface area (Å²) in [5.41, 5.74) is 2.80. The van der Waals surface area contributed by atoms with E-state index in [0.717, 1.165) is 12.5 Å². The Balaban J connectivity index is 1.41. The van der Waals surface area contributed by atoms with E-state index in [2.05, 4.69) is 34.9 Å². The van der Waals surface area contributed by atoms with Crippen LogP contribution in [0.1, 0.15) is 24.8 Å². The highest BCUT2D eigenvalue weighted by Gasteiger charge is 2.21. The van der Waals surface area contributed by atoms with Crippen molar-refractivity contribution in [1.82, 2.24) is 5.32 Å². The fourth-order valence-corrected chi connectivity index (χ4v) is 2.49. The Morgan fingerprint density at radius 2 is 2.12 bits per heavy atom. The van der Waals surface area contributed by atoms with Crippen LogP contribution >= 0.6 is 0 Å². The lowest BCUT2D eigenvalue weighted by Crippen LogP contribution is -2.31. The van der Waals surface area contributed by atoms with Crippen LogP contribution in [0.25, 0.3) is 0 Å². The molecule has 1 fully saturated rings. The van der Waals surface area contributed by atoms with Crippen molar-refractivity contribution in [3.05, 3.63) is 29.8 Å². The Kier molecular flexibility index (Phi) is 2.83. The van der Waals surface area contributed by atoms with Crippen molar-refractivity contribution in [2.45, 2.75) is 31.7 Å². The van der Waals surface area contributed by atoms with E-state index in [0.29, 0.717) is 6.04 Å². The van der Waals surface area contributed by atoms with Crippen molar-refractivity contribution in [3.8, 4) is 0 Å². The number of hydrogen-bond acceptors (Lipinski definition) is 2. The zero-order valence-electron chi connectivity index (χ0n) is 9.71. The van der Waals surface area contributed by atoms with Gasteiger partial charge < -0.3 is 10.6 Å². The van der Waals surface area contributed by atoms with Gasteiger partial charge in [-0.2, -0.15) is 0 Å². The van der Waals surface area contributed by atoms with Crippen LogP contribution in [0, 0.1) is 5.92 Å². The molecule has 0 bridgehead atoms. The number of rotatable bonds is 5. The molecule has 2 heteroatoms. The summed E-state index contributed by atoms with van der Waals surface area (Å²) in [5.74, 6) is 1.04. The van der Waals surface area contributed by atoms with Crippen molar-refractivity contribution < 1.29 is 0 Å². The predicted octanol–water partition coefficient (Wildman–Crippen LogP) is 2.41. The largest absolute Gasteiger partial charge is 0.380 e. The quantitative estimate of drug-likeness (QED) is 0.739. The molecular formula is C14H20N2. The van der Waals surface area contributed by atoms with Gasteiger partial charge in [-0.1, -0.05) is 31.0 Å². The van der Waals surface area contributed by atoms with Crippen LogP contribution in [0.4, 0.5) is 5.69 Å². The minimum atomic E-state index is 0.594. The molecule has 86 valence electrons. The van der Waals surface area contributed by atoms with Crippen LogP contribution in [0.15, 0.2) is 24.3 Å². The van der Waals surface area contributed by atoms with Gasteiger partial charge >= 0.3 is 0 Å². The molecule has 1 aromatic carbocycles. The molecule has 2 N–H and O–H groups in total. The lowest BCUT2D eigenvalue weighted by Gasteiger charge is -2.12. The Labute approximate surface area is 97.4 Å². The lowest BCUT2D eigenvalue weighted by molar-refractivity contribution is 0.575. The molecule has 16 heavy (non-hydrogen) atoms. The number of hydrogen-bond donors (Lipinski definition) is 2. The van der Waals surface area contributed by atoms with Gasteiger partial charge in [-0.15, -0.1) is 0 Å². The topological polar surface area (TPSA) is 24.1 Å². The van der Waals surface area contributed by atoms with Gasteiger partial charge in [0.05, 0.1) is 0 Å². The SMILES string of the molecule is c1ccc2c(c1)CC(CNCCC1CC1)N2. The van der Waals surface area contributed by atoms with Crippen LogP contribution in [0.5, 0.6) is 0 Å². The third kappa shape index (κ3) is 2.38. The standard InChI is InChI=1S/C14H20N2/c1-2-4-14-12(3-1)9-13(16-14)10-15-8-7-11-5-6-11/h1-4,11,13,15-16H,5-10H2. The second-order valence-corrected chi connectivity index (χ2v) is 5.14. The van der Waals surface area contributed by atoms with E-state index in [1.807, 2.05) is 0 Å². The lowest BCUT2D eigenvalue weighted by atomic mass is 10.1. The van der Waals surface area contributed by atoms with Crippen molar-refractivity contribution in [3.63, 3.8) is 0 Å². The van der Waals surface area contributed by atoms with Crippen molar-refractivity contribution in [2.75, 3.05) is 18.4 Å². The van der Waals surface area contributed by atoms with Gasteiger partial charge in [0, 0.05) is 18.3 Å². The highest BCUT2D eigenvalue weighted by molar-refractivity contribution is 5.56. The highest BCUT2D eigenvalue weighted by Crippen LogP contribution is 2.31. The number of anilines is 1. The van der Waals surface area contributed by atoms with E-state index in [4.69, 9.17) is 0 Å². The zero-order chi connectivity index (χ0) is 10.8. The zero-order valence-corrected chi connectivity index (χ0v) is 9.71. The third-order valence-electron chi connectivity index (χ3n) is 3.66. The fourth-order valence-electron chi connectivity index (χ4n) is 2.49. The first-order valence-corrected chi connectivity index (χ1v) is 6.47. The Hall–Kier alpha value is -1.02. The predicted molar refractivity (Wildman–Crippen MR) is 67.8 cm³/mol. The molecule has 1 aliphatic heterocycles. The van der Waals surface area contributed by atoms with Gasteiger partial charge in [-0.3, -0.25) is 0 Å². The highest BCUT2D eigenvalue weighted by atomic mass is 15.0. The molecule has 0 amide bonds. The third-order valence-corrected chi connectivity index (χ3v) is 3.66. The summed E-state index contributed by atoms with van der Waals surface area (Å²) < 4.78 is 0. The molecule has 0 saturated heterocycles. The summed E-state index contributed by atoms with van der Waals surface area (Å²) in [6, 6.07) is 9.24. The maximum absolute atomic E-state index is 3.58. The van der Waals surface area contributed by atoms with Crippen molar-refractivity contribution in [1.29, 1.82) is 0 Å². The molecule has 1 aliphatic carbocycles. The normalized spacial score (nSPS) is 22.9. The minimum absolute atomic E-state index is 0.594. The molecule has 1 aromatic rings. The second-order valence-electron chi connectivity index (χ2n) is 5.14. The smallest absolute Gasteiger partial charge is 0.0427 e. The van der Waals surface area contributed by atoms with Gasteiger partial charge in [0.25, 0.3) is 0 Å². The van der Waals surface area contributed by atoms with Crippen LogP contribution in [0.3, 0.4) is 0 Å². The number of fused-ring (bicyclic) bond motifs is 1. The number of para-hydroxylation sites is 1. The molecule has 1 atom stereocenters. The van der Waals surface area contributed by atoms with Gasteiger partial charge in [-0.05, 0) is 36.9 Å². The summed E-state index contributed by atoms with van der Waals surface area (Å²) in [6.07, 6.45) is 5.48. The number of benzene rings is 1. The van der Waals surface area contributed by atoms with Gasteiger partial charge in [0.15, 0.2) is 0 Å². The van der Waals surface area contributed by atoms with E-state index in [1.54, 1.807) is 0 Å². The molecule has 2 nitrogen and oxygen atoms in total. The minimum Gasteiger partial charge on any atom is -0.380 e. The first-order valence-electron chi connectivity index (χ1n) is 6.47. The van der Waals surface area contributed by atoms with Gasteiger partial charge in [-0.25, -0.2) is 0 Å². The first-order chi connectivity index (χ1) is 7.92. The molecule has 3 rings (SSSR count). The maximum atomic E-state index is 3.58. The molecule has 1 unspecified atom stereocenters. The maximum Gasteiger partial charge on any atom is 0.0427 e. The first kappa shape index (κ1) is 10.2. The molecule has 0 spiro atoms. The van der Waals surface area contributed by atoms with Crippen LogP contribution < -0.4 is 10.6 Å². The van der Waals surface area contributed by atoms with E-state index in [-0.39, 0.29) is 0 Å². The summed E-state index contributed by atoms with van der Waals surface area (Å²) in [7, 11) is 0. The Bertz CT molecular complexity index is 333. The summed E-state index contributed by atoms with van der Waals surface area (Å²) in [5, 5.41) is 7.15. The molecular weight excluding hydrogens is 196 g/mol. The Morgan fingerprint density at radius 3 is 2.94 bits per heavy atom. The second kappa shape index (κ2) is 4.46. The van der Waals surface area contributed by atoms with E-state index < -0.39 is 0 Å². The van der Waals surface area contributed by atoms with Crippen LogP contribution in [0.2, 0.25) is 0 Å². The van der Waals surface area contributed by atoms with E-state index in [1.165, 1.54) is 43.5 Å². The average Bonchev–Trinajstić information content (AvgIpc) is 3.03. The van der Waals surface area contributed by atoms with Crippen molar-refractivity contribution in [2.24, 2.45) is 5.92 Å². The van der Waals surface area contributed by atoms with Gasteiger partial charge in [0.2, 0.25) is 0 Å². The van der Waals surface area contributed by atoms with E-state index >= 15 is 0 Å². The van der Waals surface area contributed by atoms with E-state index in [9.17, 15) is 0 Å². The fraction of sp³-hybridized carbons (Fsp3) is 0.571. The van der Waals surface area contributed by atoms with Crippen LogP contribution in [-0.2, 0) is 6.42 Å². The molecule has 1 saturated carbocycles. The monoisotopic (exact) mass is 216 g/mol. The summed E-state index contributed by atoms with van der Waals surface area (Å²) in [4.78, 5) is 0. The Morgan fingerprint density at radius 1 is 1.25 bits per heavy atom. The number of nitrogens with one attached hydrogen (secondary N) is 2. The van der Waals surface area contributed by atoms with Gasteiger partial charge in [0.1, 0.15) is 0 Å². The average molecular weight is 216 g/mol. The summed E-state index contributed by atoms with van der Waals surface area (Å²) >= 11 is 0. The van der Waals surface area contributed by atoms with Crippen LogP contribution in [-0.4, -0.2) is 19.1 Å². The molecule has 2 aliphatic rings. The van der Waals surface area contributed by atoms with Crippen molar-refractivity contribution >= 4 is 5.69 Å². The molecule has 0 aromatic heterocycles. The molecule has 0 radical (unpaired) electrons. The summed E-state index contributed by atoms with van der Waals surface area (Å²) in [6.45, 7) is 2.29.